The highest BCUT2D eigenvalue weighted by atomic mass is 32.1. The van der Waals surface area contributed by atoms with Crippen LogP contribution in [0.4, 0.5) is 0 Å². The number of nitrogens with zero attached hydrogens (tertiary/aromatic N) is 3. The highest BCUT2D eigenvalue weighted by molar-refractivity contribution is 7.16. The lowest BCUT2D eigenvalue weighted by Crippen LogP contribution is -2.23. The molecule has 0 atom stereocenters. The molecule has 0 saturated carbocycles. The summed E-state index contributed by atoms with van der Waals surface area (Å²) < 4.78 is 6.91. The molecule has 0 spiro atoms. The number of fused-ring (bicyclic) bond motifs is 1. The molecule has 3 rings (SSSR count). The molecular formula is C14H14N4O2S. The zero-order chi connectivity index (χ0) is 14.8. The number of rotatable bonds is 4. The van der Waals surface area contributed by atoms with Crippen LogP contribution in [0.1, 0.15) is 21.1 Å². The Morgan fingerprint density at radius 2 is 2.24 bits per heavy atom. The summed E-state index contributed by atoms with van der Waals surface area (Å²) in [4.78, 5) is 17.4. The number of carbonyl (C=O) groups excluding carboxylic acids is 1. The first kappa shape index (κ1) is 13.6. The Hall–Kier alpha value is -2.41. The molecule has 0 aliphatic rings. The summed E-state index contributed by atoms with van der Waals surface area (Å²) in [5.41, 5.74) is 1.28. The first-order chi connectivity index (χ1) is 10.2. The standard InChI is InChI=1S/C14H14N4O2S/c1-9-17-18-8-10(16-14(18)21-9)7-15-13(19)11-5-3-4-6-12(11)20-2/h3-6,8H,7H2,1-2H3,(H,15,19). The second kappa shape index (κ2) is 5.53. The van der Waals surface area contributed by atoms with Gasteiger partial charge in [-0.1, -0.05) is 23.5 Å². The van der Waals surface area contributed by atoms with E-state index in [9.17, 15) is 4.79 Å². The van der Waals surface area contributed by atoms with Crippen molar-refractivity contribution in [1.82, 2.24) is 19.9 Å². The SMILES string of the molecule is COc1ccccc1C(=O)NCc1cn2nc(C)sc2n1. The summed E-state index contributed by atoms with van der Waals surface area (Å²) in [6.45, 7) is 2.29. The predicted octanol–water partition coefficient (Wildman–Crippen LogP) is 2.04. The molecule has 108 valence electrons. The van der Waals surface area contributed by atoms with Crippen molar-refractivity contribution >= 4 is 22.2 Å². The molecule has 1 amide bonds. The Kier molecular flexibility index (Phi) is 3.57. The Balaban J connectivity index is 1.71. The van der Waals surface area contributed by atoms with Crippen LogP contribution in [0.15, 0.2) is 30.5 Å². The molecular weight excluding hydrogens is 288 g/mol. The summed E-state index contributed by atoms with van der Waals surface area (Å²) in [5, 5.41) is 8.08. The Morgan fingerprint density at radius 3 is 3.00 bits per heavy atom. The van der Waals surface area contributed by atoms with Crippen molar-refractivity contribution in [3.05, 3.63) is 46.7 Å². The predicted molar refractivity (Wildman–Crippen MR) is 79.8 cm³/mol. The number of ether oxygens (including phenoxy) is 1. The largest absolute Gasteiger partial charge is 0.496 e. The number of hydrogen-bond donors (Lipinski definition) is 1. The van der Waals surface area contributed by atoms with Gasteiger partial charge in [-0.05, 0) is 19.1 Å². The monoisotopic (exact) mass is 302 g/mol. The van der Waals surface area contributed by atoms with E-state index in [2.05, 4.69) is 15.4 Å². The zero-order valence-corrected chi connectivity index (χ0v) is 12.5. The number of amides is 1. The van der Waals surface area contributed by atoms with E-state index in [-0.39, 0.29) is 5.91 Å². The molecule has 0 aliphatic heterocycles. The number of nitrogens with one attached hydrogen (secondary N) is 1. The molecule has 7 heteroatoms. The average Bonchev–Trinajstić information content (AvgIpc) is 3.01. The van der Waals surface area contributed by atoms with Crippen LogP contribution in [0.3, 0.4) is 0 Å². The van der Waals surface area contributed by atoms with E-state index >= 15 is 0 Å². The van der Waals surface area contributed by atoms with E-state index in [4.69, 9.17) is 4.74 Å². The fraction of sp³-hybridized carbons (Fsp3) is 0.214. The minimum absolute atomic E-state index is 0.187. The van der Waals surface area contributed by atoms with Gasteiger partial charge in [0.1, 0.15) is 10.8 Å². The second-order valence-corrected chi connectivity index (χ2v) is 5.62. The van der Waals surface area contributed by atoms with Crippen LogP contribution in [0.25, 0.3) is 4.96 Å². The summed E-state index contributed by atoms with van der Waals surface area (Å²) >= 11 is 1.52. The number of methoxy groups -OCH3 is 1. The van der Waals surface area contributed by atoms with Gasteiger partial charge in [0.15, 0.2) is 0 Å². The number of hydrogen-bond acceptors (Lipinski definition) is 5. The fourth-order valence-corrected chi connectivity index (χ4v) is 2.77. The molecule has 2 heterocycles. The Labute approximate surface area is 125 Å². The number of carbonyl (C=O) groups is 1. The molecule has 3 aromatic rings. The van der Waals surface area contributed by atoms with Crippen molar-refractivity contribution in [1.29, 1.82) is 0 Å². The highest BCUT2D eigenvalue weighted by Gasteiger charge is 2.12. The molecule has 1 aromatic carbocycles. The molecule has 2 aromatic heterocycles. The summed E-state index contributed by atoms with van der Waals surface area (Å²) in [6, 6.07) is 7.11. The zero-order valence-electron chi connectivity index (χ0n) is 11.7. The van der Waals surface area contributed by atoms with Crippen molar-refractivity contribution in [3.63, 3.8) is 0 Å². The molecule has 6 nitrogen and oxygen atoms in total. The minimum atomic E-state index is -0.187. The number of imidazole rings is 1. The van der Waals surface area contributed by atoms with Crippen molar-refractivity contribution in [2.45, 2.75) is 13.5 Å². The Bertz CT molecular complexity index is 762. The fourth-order valence-electron chi connectivity index (χ4n) is 2.03. The van der Waals surface area contributed by atoms with Crippen LogP contribution in [-0.4, -0.2) is 27.6 Å². The third kappa shape index (κ3) is 2.73. The van der Waals surface area contributed by atoms with Gasteiger partial charge in [0.25, 0.3) is 5.91 Å². The van der Waals surface area contributed by atoms with Gasteiger partial charge in [0.05, 0.1) is 31.1 Å². The van der Waals surface area contributed by atoms with Crippen molar-refractivity contribution in [3.8, 4) is 5.75 Å². The van der Waals surface area contributed by atoms with E-state index in [0.29, 0.717) is 17.9 Å². The van der Waals surface area contributed by atoms with E-state index in [1.54, 1.807) is 29.8 Å². The first-order valence-corrected chi connectivity index (χ1v) is 7.22. The van der Waals surface area contributed by atoms with Crippen LogP contribution in [0.5, 0.6) is 5.75 Å². The van der Waals surface area contributed by atoms with E-state index in [1.165, 1.54) is 11.3 Å². The number of aromatic nitrogens is 3. The van der Waals surface area contributed by atoms with Crippen LogP contribution in [-0.2, 0) is 6.54 Å². The lowest BCUT2D eigenvalue weighted by molar-refractivity contribution is 0.0947. The summed E-state index contributed by atoms with van der Waals surface area (Å²) in [7, 11) is 1.55. The van der Waals surface area contributed by atoms with Gasteiger partial charge in [-0.15, -0.1) is 0 Å². The van der Waals surface area contributed by atoms with Crippen LogP contribution in [0.2, 0.25) is 0 Å². The average molecular weight is 302 g/mol. The normalized spacial score (nSPS) is 10.8. The van der Waals surface area contributed by atoms with Gasteiger partial charge in [0.2, 0.25) is 4.96 Å². The van der Waals surface area contributed by atoms with Gasteiger partial charge in [0, 0.05) is 0 Å². The molecule has 0 fully saturated rings. The van der Waals surface area contributed by atoms with Crippen LogP contribution < -0.4 is 10.1 Å². The molecule has 0 unspecified atom stereocenters. The molecule has 0 radical (unpaired) electrons. The van der Waals surface area contributed by atoms with Crippen molar-refractivity contribution in [2.75, 3.05) is 7.11 Å². The van der Waals surface area contributed by atoms with Crippen molar-refractivity contribution in [2.24, 2.45) is 0 Å². The summed E-state index contributed by atoms with van der Waals surface area (Å²) in [5.74, 6) is 0.367. The second-order valence-electron chi connectivity index (χ2n) is 4.46. The van der Waals surface area contributed by atoms with E-state index in [1.807, 2.05) is 19.2 Å². The van der Waals surface area contributed by atoms with E-state index < -0.39 is 0 Å². The minimum Gasteiger partial charge on any atom is -0.496 e. The maximum Gasteiger partial charge on any atom is 0.255 e. The smallest absolute Gasteiger partial charge is 0.255 e. The lowest BCUT2D eigenvalue weighted by Gasteiger charge is -2.07. The topological polar surface area (TPSA) is 68.5 Å². The number of aryl methyl sites for hydroxylation is 1. The third-order valence-electron chi connectivity index (χ3n) is 2.98. The first-order valence-electron chi connectivity index (χ1n) is 6.40. The molecule has 0 bridgehead atoms. The van der Waals surface area contributed by atoms with Crippen LogP contribution in [0, 0.1) is 6.92 Å². The van der Waals surface area contributed by atoms with E-state index in [0.717, 1.165) is 15.7 Å². The highest BCUT2D eigenvalue weighted by Crippen LogP contribution is 2.17. The summed E-state index contributed by atoms with van der Waals surface area (Å²) in [6.07, 6.45) is 1.82. The third-order valence-corrected chi connectivity index (χ3v) is 3.81. The number of benzene rings is 1. The van der Waals surface area contributed by atoms with Gasteiger partial charge in [-0.2, -0.15) is 5.10 Å². The maximum absolute atomic E-state index is 12.2. The van der Waals surface area contributed by atoms with Gasteiger partial charge < -0.3 is 10.1 Å². The lowest BCUT2D eigenvalue weighted by atomic mass is 10.2. The molecule has 1 N–H and O–H groups in total. The van der Waals surface area contributed by atoms with Gasteiger partial charge >= 0.3 is 0 Å². The number of para-hydroxylation sites is 1. The quantitative estimate of drug-likeness (QED) is 0.801. The molecule has 0 aliphatic carbocycles. The maximum atomic E-state index is 12.2. The van der Waals surface area contributed by atoms with Crippen molar-refractivity contribution < 1.29 is 9.53 Å². The molecule has 0 saturated heterocycles. The molecule has 21 heavy (non-hydrogen) atoms. The van der Waals surface area contributed by atoms with Crippen LogP contribution >= 0.6 is 11.3 Å². The Morgan fingerprint density at radius 1 is 1.43 bits per heavy atom. The van der Waals surface area contributed by atoms with Gasteiger partial charge in [-0.25, -0.2) is 9.50 Å². The van der Waals surface area contributed by atoms with Gasteiger partial charge in [-0.3, -0.25) is 4.79 Å².